The predicted molar refractivity (Wildman–Crippen MR) is 70.4 cm³/mol. The molecule has 1 aromatic carbocycles. The van der Waals surface area contributed by atoms with Crippen molar-refractivity contribution in [1.82, 2.24) is 0 Å². The standard InChI is InChI=1S/C14H15FN2O2/c1-7-10-4-3-9(6-16)14(19)13(10)12(5-11(7)15)17-8(2)18/h5-6H,3-4,16H2,1-2H3,(H,17,18)/b9-6+. The number of Topliss-reactive ketones (excluding diaryl/α,β-unsaturated/α-hetero) is 1. The first-order valence-electron chi connectivity index (χ1n) is 6.00. The molecule has 0 atom stereocenters. The van der Waals surface area contributed by atoms with E-state index in [1.165, 1.54) is 19.2 Å². The second-order valence-electron chi connectivity index (χ2n) is 4.59. The van der Waals surface area contributed by atoms with Crippen LogP contribution in [0.3, 0.4) is 0 Å². The lowest BCUT2D eigenvalue weighted by Gasteiger charge is -2.22. The van der Waals surface area contributed by atoms with Crippen LogP contribution in [0.5, 0.6) is 0 Å². The largest absolute Gasteiger partial charge is 0.404 e. The molecule has 5 heteroatoms. The van der Waals surface area contributed by atoms with Gasteiger partial charge in [0.15, 0.2) is 5.78 Å². The molecule has 0 heterocycles. The Morgan fingerprint density at radius 1 is 1.47 bits per heavy atom. The summed E-state index contributed by atoms with van der Waals surface area (Å²) in [6.07, 6.45) is 2.31. The third-order valence-corrected chi connectivity index (χ3v) is 3.33. The number of amides is 1. The molecule has 0 radical (unpaired) electrons. The van der Waals surface area contributed by atoms with E-state index in [0.29, 0.717) is 35.1 Å². The second kappa shape index (κ2) is 4.84. The van der Waals surface area contributed by atoms with Crippen molar-refractivity contribution in [3.05, 3.63) is 40.3 Å². The van der Waals surface area contributed by atoms with Gasteiger partial charge in [-0.15, -0.1) is 0 Å². The second-order valence-corrected chi connectivity index (χ2v) is 4.59. The lowest BCUT2D eigenvalue weighted by atomic mass is 9.83. The van der Waals surface area contributed by atoms with Gasteiger partial charge in [-0.05, 0) is 37.0 Å². The molecule has 1 aliphatic carbocycles. The fourth-order valence-corrected chi connectivity index (χ4v) is 2.35. The van der Waals surface area contributed by atoms with Crippen molar-refractivity contribution in [2.24, 2.45) is 5.73 Å². The van der Waals surface area contributed by atoms with Gasteiger partial charge in [0.05, 0.1) is 5.69 Å². The number of anilines is 1. The molecule has 100 valence electrons. The minimum atomic E-state index is -0.421. The topological polar surface area (TPSA) is 72.2 Å². The number of fused-ring (bicyclic) bond motifs is 1. The summed E-state index contributed by atoms with van der Waals surface area (Å²) in [5.41, 5.74) is 7.60. The van der Waals surface area contributed by atoms with Gasteiger partial charge in [-0.2, -0.15) is 0 Å². The fraction of sp³-hybridized carbons (Fsp3) is 0.286. The van der Waals surface area contributed by atoms with Crippen LogP contribution in [0.2, 0.25) is 0 Å². The zero-order valence-electron chi connectivity index (χ0n) is 10.8. The Hall–Kier alpha value is -2.17. The van der Waals surface area contributed by atoms with E-state index in [2.05, 4.69) is 5.32 Å². The van der Waals surface area contributed by atoms with Gasteiger partial charge in [0.1, 0.15) is 5.82 Å². The van der Waals surface area contributed by atoms with Gasteiger partial charge >= 0.3 is 0 Å². The highest BCUT2D eigenvalue weighted by atomic mass is 19.1. The SMILES string of the molecule is CC(=O)Nc1cc(F)c(C)c2c1C(=O)/C(=C/N)CC2. The molecule has 0 fully saturated rings. The summed E-state index contributed by atoms with van der Waals surface area (Å²) in [5.74, 6) is -1.01. The van der Waals surface area contributed by atoms with Crippen molar-refractivity contribution in [1.29, 1.82) is 0 Å². The molecule has 2 rings (SSSR count). The summed E-state index contributed by atoms with van der Waals surface area (Å²) in [6, 6.07) is 1.19. The molecule has 0 aliphatic heterocycles. The third kappa shape index (κ3) is 2.23. The molecule has 0 saturated carbocycles. The van der Waals surface area contributed by atoms with Crippen molar-refractivity contribution >= 4 is 17.4 Å². The van der Waals surface area contributed by atoms with Gasteiger partial charge in [0.25, 0.3) is 0 Å². The average molecular weight is 262 g/mol. The number of carbonyl (C=O) groups excluding carboxylic acids is 2. The van der Waals surface area contributed by atoms with Crippen LogP contribution in [0.15, 0.2) is 17.8 Å². The molecule has 3 N–H and O–H groups in total. The van der Waals surface area contributed by atoms with Crippen LogP contribution in [0, 0.1) is 12.7 Å². The van der Waals surface area contributed by atoms with E-state index in [9.17, 15) is 14.0 Å². The summed E-state index contributed by atoms with van der Waals surface area (Å²) in [5, 5.41) is 2.51. The highest BCUT2D eigenvalue weighted by Crippen LogP contribution is 2.34. The molecule has 0 bridgehead atoms. The van der Waals surface area contributed by atoms with Crippen LogP contribution in [-0.4, -0.2) is 11.7 Å². The summed E-state index contributed by atoms with van der Waals surface area (Å²) in [4.78, 5) is 23.5. The van der Waals surface area contributed by atoms with Crippen LogP contribution in [0.25, 0.3) is 0 Å². The summed E-state index contributed by atoms with van der Waals surface area (Å²) >= 11 is 0. The maximum atomic E-state index is 13.8. The molecule has 0 spiro atoms. The normalized spacial score (nSPS) is 16.4. The van der Waals surface area contributed by atoms with Gasteiger partial charge in [0.2, 0.25) is 5.91 Å². The minimum absolute atomic E-state index is 0.217. The number of ketones is 1. The predicted octanol–water partition coefficient (Wildman–Crippen LogP) is 2.06. The average Bonchev–Trinajstić information content (AvgIpc) is 2.34. The zero-order chi connectivity index (χ0) is 14.2. The number of rotatable bonds is 1. The Bertz CT molecular complexity index is 606. The lowest BCUT2D eigenvalue weighted by Crippen LogP contribution is -2.21. The third-order valence-electron chi connectivity index (χ3n) is 3.33. The zero-order valence-corrected chi connectivity index (χ0v) is 10.8. The lowest BCUT2D eigenvalue weighted by molar-refractivity contribution is -0.114. The van der Waals surface area contributed by atoms with Gasteiger partial charge < -0.3 is 11.1 Å². The highest BCUT2D eigenvalue weighted by molar-refractivity contribution is 6.15. The number of nitrogens with two attached hydrogens (primary N) is 1. The van der Waals surface area contributed by atoms with E-state index in [1.54, 1.807) is 6.92 Å². The maximum absolute atomic E-state index is 13.8. The van der Waals surface area contributed by atoms with Crippen molar-refractivity contribution in [2.45, 2.75) is 26.7 Å². The maximum Gasteiger partial charge on any atom is 0.221 e. The molecule has 0 unspecified atom stereocenters. The first-order valence-corrected chi connectivity index (χ1v) is 6.00. The fourth-order valence-electron chi connectivity index (χ4n) is 2.35. The van der Waals surface area contributed by atoms with Crippen LogP contribution < -0.4 is 11.1 Å². The van der Waals surface area contributed by atoms with Gasteiger partial charge in [-0.25, -0.2) is 4.39 Å². The Kier molecular flexibility index (Phi) is 3.38. The van der Waals surface area contributed by atoms with Crippen molar-refractivity contribution in [3.8, 4) is 0 Å². The van der Waals surface area contributed by atoms with Crippen LogP contribution >= 0.6 is 0 Å². The van der Waals surface area contributed by atoms with Crippen LogP contribution in [-0.2, 0) is 11.2 Å². The van der Waals surface area contributed by atoms with E-state index >= 15 is 0 Å². The molecule has 0 aromatic heterocycles. The van der Waals surface area contributed by atoms with Gasteiger partial charge in [0, 0.05) is 24.3 Å². The number of halogens is 1. The van der Waals surface area contributed by atoms with E-state index in [0.717, 1.165) is 0 Å². The Balaban J connectivity index is 2.67. The summed E-state index contributed by atoms with van der Waals surface area (Å²) in [7, 11) is 0. The van der Waals surface area contributed by atoms with E-state index < -0.39 is 5.82 Å². The number of hydrogen-bond acceptors (Lipinski definition) is 3. The first-order chi connectivity index (χ1) is 8.95. The van der Waals surface area contributed by atoms with Gasteiger partial charge in [-0.1, -0.05) is 0 Å². The van der Waals surface area contributed by atoms with E-state index in [1.807, 2.05) is 0 Å². The molecule has 1 aliphatic rings. The van der Waals surface area contributed by atoms with Crippen LogP contribution in [0.1, 0.15) is 34.8 Å². The molecular formula is C14H15FN2O2. The summed E-state index contributed by atoms with van der Waals surface area (Å²) < 4.78 is 13.8. The van der Waals surface area contributed by atoms with Crippen LogP contribution in [0.4, 0.5) is 10.1 Å². The number of carbonyl (C=O) groups is 2. The van der Waals surface area contributed by atoms with E-state index in [-0.39, 0.29) is 17.4 Å². The Morgan fingerprint density at radius 2 is 2.16 bits per heavy atom. The number of hydrogen-bond donors (Lipinski definition) is 2. The smallest absolute Gasteiger partial charge is 0.221 e. The molecule has 0 saturated heterocycles. The molecule has 19 heavy (non-hydrogen) atoms. The Labute approximate surface area is 110 Å². The first kappa shape index (κ1) is 13.3. The molecule has 4 nitrogen and oxygen atoms in total. The van der Waals surface area contributed by atoms with E-state index in [4.69, 9.17) is 5.73 Å². The Morgan fingerprint density at radius 3 is 2.74 bits per heavy atom. The molecule has 1 amide bonds. The van der Waals surface area contributed by atoms with Crippen molar-refractivity contribution in [3.63, 3.8) is 0 Å². The van der Waals surface area contributed by atoms with Crippen molar-refractivity contribution in [2.75, 3.05) is 5.32 Å². The van der Waals surface area contributed by atoms with Crippen molar-refractivity contribution < 1.29 is 14.0 Å². The molecular weight excluding hydrogens is 247 g/mol. The summed E-state index contributed by atoms with van der Waals surface area (Å²) in [6.45, 7) is 2.95. The number of nitrogens with one attached hydrogen (secondary N) is 1. The van der Waals surface area contributed by atoms with Gasteiger partial charge in [-0.3, -0.25) is 9.59 Å². The minimum Gasteiger partial charge on any atom is -0.404 e. The molecule has 1 aromatic rings. The quantitative estimate of drug-likeness (QED) is 0.761. The number of allylic oxidation sites excluding steroid dienone is 1. The number of benzene rings is 1. The highest BCUT2D eigenvalue weighted by Gasteiger charge is 2.28. The monoisotopic (exact) mass is 262 g/mol.